The van der Waals surface area contributed by atoms with Crippen molar-refractivity contribution in [3.05, 3.63) is 54.1 Å². The summed E-state index contributed by atoms with van der Waals surface area (Å²) in [4.78, 5) is 23.7. The number of anilines is 2. The lowest BCUT2D eigenvalue weighted by atomic mass is 10.1. The van der Waals surface area contributed by atoms with Gasteiger partial charge in [0.15, 0.2) is 6.61 Å². The maximum absolute atomic E-state index is 12.0. The molecule has 2 amide bonds. The van der Waals surface area contributed by atoms with Crippen LogP contribution in [0.1, 0.15) is 26.3 Å². The number of nitrogens with one attached hydrogen (secondary N) is 2. The van der Waals surface area contributed by atoms with Crippen molar-refractivity contribution in [1.29, 1.82) is 0 Å². The molecule has 0 radical (unpaired) electrons. The van der Waals surface area contributed by atoms with Gasteiger partial charge in [0.2, 0.25) is 5.91 Å². The predicted octanol–water partition coefficient (Wildman–Crippen LogP) is 3.86. The Labute approximate surface area is 148 Å². The second kappa shape index (κ2) is 8.87. The van der Waals surface area contributed by atoms with Gasteiger partial charge in [-0.2, -0.15) is 0 Å². The molecule has 132 valence electrons. The Morgan fingerprint density at radius 3 is 2.16 bits per heavy atom. The molecule has 0 bridgehead atoms. The van der Waals surface area contributed by atoms with Crippen LogP contribution in [0.25, 0.3) is 0 Å². The van der Waals surface area contributed by atoms with E-state index in [4.69, 9.17) is 4.74 Å². The molecule has 2 rings (SSSR count). The third-order valence-corrected chi connectivity index (χ3v) is 3.67. The van der Waals surface area contributed by atoms with Crippen LogP contribution >= 0.6 is 0 Å². The van der Waals surface area contributed by atoms with E-state index in [0.29, 0.717) is 11.4 Å². The van der Waals surface area contributed by atoms with E-state index in [-0.39, 0.29) is 24.3 Å². The van der Waals surface area contributed by atoms with Crippen molar-refractivity contribution in [2.75, 3.05) is 17.2 Å². The van der Waals surface area contributed by atoms with E-state index >= 15 is 0 Å². The van der Waals surface area contributed by atoms with Crippen LogP contribution < -0.4 is 15.4 Å². The number of para-hydroxylation sites is 1. The molecule has 5 nitrogen and oxygen atoms in total. The molecule has 0 saturated carbocycles. The summed E-state index contributed by atoms with van der Waals surface area (Å²) in [6, 6.07) is 14.7. The highest BCUT2D eigenvalue weighted by molar-refractivity contribution is 5.94. The summed E-state index contributed by atoms with van der Waals surface area (Å²) >= 11 is 0. The van der Waals surface area contributed by atoms with E-state index in [0.717, 1.165) is 17.7 Å². The van der Waals surface area contributed by atoms with Crippen LogP contribution in [-0.4, -0.2) is 18.4 Å². The molecule has 2 aromatic rings. The summed E-state index contributed by atoms with van der Waals surface area (Å²) in [7, 11) is 0. The molecule has 0 aliphatic rings. The standard InChI is InChI=1S/C20H24N2O3/c1-4-15-7-5-6-8-18(15)25-13-19(23)21-16-9-11-17(12-10-16)22-20(24)14(2)3/h5-12,14H,4,13H2,1-3H3,(H,21,23)(H,22,24). The van der Waals surface area contributed by atoms with Gasteiger partial charge in [-0.25, -0.2) is 0 Å². The summed E-state index contributed by atoms with van der Waals surface area (Å²) in [5.41, 5.74) is 2.42. The lowest BCUT2D eigenvalue weighted by Gasteiger charge is -2.11. The Hall–Kier alpha value is -2.82. The molecule has 0 spiro atoms. The lowest BCUT2D eigenvalue weighted by Crippen LogP contribution is -2.20. The van der Waals surface area contributed by atoms with E-state index < -0.39 is 0 Å². The van der Waals surface area contributed by atoms with E-state index in [2.05, 4.69) is 10.6 Å². The zero-order valence-electron chi connectivity index (χ0n) is 14.8. The van der Waals surface area contributed by atoms with Crippen molar-refractivity contribution in [2.45, 2.75) is 27.2 Å². The lowest BCUT2D eigenvalue weighted by molar-refractivity contribution is -0.119. The van der Waals surface area contributed by atoms with Gasteiger partial charge in [0.25, 0.3) is 5.91 Å². The van der Waals surface area contributed by atoms with Gasteiger partial charge in [-0.1, -0.05) is 39.0 Å². The van der Waals surface area contributed by atoms with Gasteiger partial charge in [-0.05, 0) is 42.3 Å². The van der Waals surface area contributed by atoms with Gasteiger partial charge in [-0.15, -0.1) is 0 Å². The minimum atomic E-state index is -0.232. The molecule has 5 heteroatoms. The van der Waals surface area contributed by atoms with Crippen LogP contribution in [0.3, 0.4) is 0 Å². The van der Waals surface area contributed by atoms with Crippen molar-refractivity contribution in [1.82, 2.24) is 0 Å². The summed E-state index contributed by atoms with van der Waals surface area (Å²) in [5.74, 6) is 0.374. The molecule has 0 atom stereocenters. The fraction of sp³-hybridized carbons (Fsp3) is 0.300. The van der Waals surface area contributed by atoms with Gasteiger partial charge < -0.3 is 15.4 Å². The molecular weight excluding hydrogens is 316 g/mol. The highest BCUT2D eigenvalue weighted by atomic mass is 16.5. The number of aryl methyl sites for hydroxylation is 1. The van der Waals surface area contributed by atoms with Gasteiger partial charge in [0, 0.05) is 17.3 Å². The third-order valence-electron chi connectivity index (χ3n) is 3.67. The number of rotatable bonds is 7. The van der Waals surface area contributed by atoms with Crippen molar-refractivity contribution in [3.8, 4) is 5.75 Å². The first-order valence-corrected chi connectivity index (χ1v) is 8.41. The summed E-state index contributed by atoms with van der Waals surface area (Å²) in [5, 5.41) is 5.58. The van der Waals surface area contributed by atoms with Crippen molar-refractivity contribution < 1.29 is 14.3 Å². The number of carbonyl (C=O) groups is 2. The fourth-order valence-corrected chi connectivity index (χ4v) is 2.20. The Morgan fingerprint density at radius 1 is 0.960 bits per heavy atom. The van der Waals surface area contributed by atoms with Crippen LogP contribution in [0.5, 0.6) is 5.75 Å². The zero-order valence-corrected chi connectivity index (χ0v) is 14.8. The molecule has 2 aromatic carbocycles. The van der Waals surface area contributed by atoms with Crippen LogP contribution in [0, 0.1) is 5.92 Å². The summed E-state index contributed by atoms with van der Waals surface area (Å²) in [6.07, 6.45) is 0.849. The number of amides is 2. The number of carbonyl (C=O) groups excluding carboxylic acids is 2. The Morgan fingerprint density at radius 2 is 1.56 bits per heavy atom. The molecular formula is C20H24N2O3. The Balaban J connectivity index is 1.87. The fourth-order valence-electron chi connectivity index (χ4n) is 2.20. The maximum Gasteiger partial charge on any atom is 0.262 e. The smallest absolute Gasteiger partial charge is 0.262 e. The average molecular weight is 340 g/mol. The summed E-state index contributed by atoms with van der Waals surface area (Å²) in [6.45, 7) is 5.66. The first-order chi connectivity index (χ1) is 12.0. The Kier molecular flexibility index (Phi) is 6.57. The second-order valence-corrected chi connectivity index (χ2v) is 6.02. The van der Waals surface area contributed by atoms with Crippen molar-refractivity contribution >= 4 is 23.2 Å². The number of benzene rings is 2. The molecule has 0 aromatic heterocycles. The van der Waals surface area contributed by atoms with E-state index in [1.807, 2.05) is 45.0 Å². The molecule has 0 unspecified atom stereocenters. The van der Waals surface area contributed by atoms with Crippen LogP contribution in [-0.2, 0) is 16.0 Å². The molecule has 0 saturated heterocycles. The normalized spacial score (nSPS) is 10.4. The molecule has 0 aliphatic carbocycles. The highest BCUT2D eigenvalue weighted by Gasteiger charge is 2.08. The summed E-state index contributed by atoms with van der Waals surface area (Å²) < 4.78 is 5.60. The second-order valence-electron chi connectivity index (χ2n) is 6.02. The minimum absolute atomic E-state index is 0.0419. The number of hydrogen-bond donors (Lipinski definition) is 2. The van der Waals surface area contributed by atoms with Crippen LogP contribution in [0.15, 0.2) is 48.5 Å². The molecule has 2 N–H and O–H groups in total. The van der Waals surface area contributed by atoms with Gasteiger partial charge in [0.1, 0.15) is 5.75 Å². The average Bonchev–Trinajstić information content (AvgIpc) is 2.61. The topological polar surface area (TPSA) is 67.4 Å². The maximum atomic E-state index is 12.0. The van der Waals surface area contributed by atoms with Crippen LogP contribution in [0.4, 0.5) is 11.4 Å². The van der Waals surface area contributed by atoms with Gasteiger partial charge in [0.05, 0.1) is 0 Å². The monoisotopic (exact) mass is 340 g/mol. The Bertz CT molecular complexity index is 724. The molecule has 25 heavy (non-hydrogen) atoms. The SMILES string of the molecule is CCc1ccccc1OCC(=O)Nc1ccc(NC(=O)C(C)C)cc1. The molecule has 0 fully saturated rings. The third kappa shape index (κ3) is 5.64. The molecule has 0 heterocycles. The van der Waals surface area contributed by atoms with E-state index in [1.54, 1.807) is 24.3 Å². The van der Waals surface area contributed by atoms with Gasteiger partial charge in [-0.3, -0.25) is 9.59 Å². The van der Waals surface area contributed by atoms with E-state index in [9.17, 15) is 9.59 Å². The van der Waals surface area contributed by atoms with Gasteiger partial charge >= 0.3 is 0 Å². The first-order valence-electron chi connectivity index (χ1n) is 8.41. The predicted molar refractivity (Wildman–Crippen MR) is 99.9 cm³/mol. The largest absolute Gasteiger partial charge is 0.483 e. The quantitative estimate of drug-likeness (QED) is 0.804. The molecule has 0 aliphatic heterocycles. The minimum Gasteiger partial charge on any atom is -0.483 e. The van der Waals surface area contributed by atoms with E-state index in [1.165, 1.54) is 0 Å². The highest BCUT2D eigenvalue weighted by Crippen LogP contribution is 2.18. The van der Waals surface area contributed by atoms with Crippen molar-refractivity contribution in [3.63, 3.8) is 0 Å². The van der Waals surface area contributed by atoms with Crippen LogP contribution in [0.2, 0.25) is 0 Å². The van der Waals surface area contributed by atoms with Crippen molar-refractivity contribution in [2.24, 2.45) is 5.92 Å². The number of ether oxygens (including phenoxy) is 1. The zero-order chi connectivity index (χ0) is 18.2. The first kappa shape index (κ1) is 18.5. The number of hydrogen-bond acceptors (Lipinski definition) is 3.